The van der Waals surface area contributed by atoms with Gasteiger partial charge in [0.2, 0.25) is 5.91 Å². The fourth-order valence-electron chi connectivity index (χ4n) is 4.27. The van der Waals surface area contributed by atoms with Gasteiger partial charge in [0, 0.05) is 33.9 Å². The van der Waals surface area contributed by atoms with Gasteiger partial charge in [-0.2, -0.15) is 0 Å². The van der Waals surface area contributed by atoms with Crippen molar-refractivity contribution in [3.63, 3.8) is 0 Å². The van der Waals surface area contributed by atoms with Crippen LogP contribution in [0.15, 0.2) is 102 Å². The van der Waals surface area contributed by atoms with Gasteiger partial charge in [-0.1, -0.05) is 46.3 Å². The Hall–Kier alpha value is -3.49. The molecule has 34 heavy (non-hydrogen) atoms. The van der Waals surface area contributed by atoms with Crippen molar-refractivity contribution < 1.29 is 4.79 Å². The second-order valence-corrected chi connectivity index (χ2v) is 9.25. The zero-order chi connectivity index (χ0) is 23.5. The van der Waals surface area contributed by atoms with E-state index in [1.54, 1.807) is 6.20 Å². The van der Waals surface area contributed by atoms with Crippen molar-refractivity contribution in [1.29, 1.82) is 0 Å². The Morgan fingerprint density at radius 1 is 1.03 bits per heavy atom. The Kier molecular flexibility index (Phi) is 6.42. The number of carbonyl (C=O) groups is 1. The summed E-state index contributed by atoms with van der Waals surface area (Å²) < 4.78 is 3.12. The number of rotatable bonds is 6. The van der Waals surface area contributed by atoms with Gasteiger partial charge in [-0.25, -0.2) is 0 Å². The van der Waals surface area contributed by atoms with E-state index in [9.17, 15) is 4.79 Å². The van der Waals surface area contributed by atoms with Crippen LogP contribution in [0.1, 0.15) is 23.5 Å². The van der Waals surface area contributed by atoms with Crippen LogP contribution in [0.5, 0.6) is 0 Å². The Balaban J connectivity index is 1.52. The van der Waals surface area contributed by atoms with Gasteiger partial charge in [0.1, 0.15) is 6.54 Å². The summed E-state index contributed by atoms with van der Waals surface area (Å²) in [6.07, 6.45) is 3.80. The van der Waals surface area contributed by atoms with Gasteiger partial charge in [0.15, 0.2) is 5.11 Å². The fraction of sp³-hybridized carbons (Fsp3) is 0.115. The maximum atomic E-state index is 13.0. The van der Waals surface area contributed by atoms with Crippen LogP contribution in [-0.4, -0.2) is 32.0 Å². The van der Waals surface area contributed by atoms with Crippen molar-refractivity contribution in [3.05, 3.63) is 113 Å². The third-order valence-electron chi connectivity index (χ3n) is 5.74. The molecule has 3 heterocycles. The molecule has 1 saturated heterocycles. The number of hydrogen-bond donors (Lipinski definition) is 2. The highest BCUT2D eigenvalue weighted by Gasteiger charge is 2.42. The number of hydrogen-bond acceptors (Lipinski definition) is 3. The summed E-state index contributed by atoms with van der Waals surface area (Å²) in [6, 6.07) is 27.0. The summed E-state index contributed by atoms with van der Waals surface area (Å²) in [5.41, 5.74) is 3.64. The van der Waals surface area contributed by atoms with Crippen molar-refractivity contribution in [2.24, 2.45) is 0 Å². The molecular formula is C26H22BrN5OS. The van der Waals surface area contributed by atoms with Gasteiger partial charge in [-0.15, -0.1) is 0 Å². The first kappa shape index (κ1) is 22.3. The van der Waals surface area contributed by atoms with Crippen molar-refractivity contribution in [3.8, 4) is 5.69 Å². The zero-order valence-corrected chi connectivity index (χ0v) is 20.5. The van der Waals surface area contributed by atoms with E-state index in [1.807, 2.05) is 77.8 Å². The molecule has 1 aliphatic heterocycles. The first-order valence-electron chi connectivity index (χ1n) is 10.9. The summed E-state index contributed by atoms with van der Waals surface area (Å²) in [4.78, 5) is 19.5. The average molecular weight is 532 g/mol. The van der Waals surface area contributed by atoms with E-state index in [1.165, 1.54) is 0 Å². The van der Waals surface area contributed by atoms with E-state index in [-0.39, 0.29) is 24.5 Å². The number of aromatic nitrogens is 2. The SMILES string of the molecule is O=C(CN1C(=S)NC(c2ccccn2)C1c1cccn1-c1cccc(Br)c1)Nc1ccccc1. The number of benzene rings is 2. The molecule has 0 aliphatic carbocycles. The molecule has 170 valence electrons. The number of para-hydroxylation sites is 1. The highest BCUT2D eigenvalue weighted by Crippen LogP contribution is 2.39. The minimum absolute atomic E-state index is 0.110. The van der Waals surface area contributed by atoms with E-state index in [0.717, 1.165) is 27.2 Å². The van der Waals surface area contributed by atoms with Crippen molar-refractivity contribution >= 4 is 44.9 Å². The second kappa shape index (κ2) is 9.79. The van der Waals surface area contributed by atoms with Crippen LogP contribution in [0.4, 0.5) is 5.69 Å². The highest BCUT2D eigenvalue weighted by atomic mass is 79.9. The average Bonchev–Trinajstić information content (AvgIpc) is 3.45. The number of pyridine rings is 1. The smallest absolute Gasteiger partial charge is 0.244 e. The fourth-order valence-corrected chi connectivity index (χ4v) is 4.96. The molecule has 2 aromatic heterocycles. The monoisotopic (exact) mass is 531 g/mol. The van der Waals surface area contributed by atoms with Gasteiger partial charge in [0.25, 0.3) is 0 Å². The Bertz CT molecular complexity index is 1310. The number of nitrogens with one attached hydrogen (secondary N) is 2. The van der Waals surface area contributed by atoms with E-state index < -0.39 is 0 Å². The number of halogens is 1. The van der Waals surface area contributed by atoms with Crippen LogP contribution in [0.3, 0.4) is 0 Å². The van der Waals surface area contributed by atoms with Crippen molar-refractivity contribution in [2.75, 3.05) is 11.9 Å². The van der Waals surface area contributed by atoms with Gasteiger partial charge >= 0.3 is 0 Å². The minimum Gasteiger partial charge on any atom is -0.352 e. The van der Waals surface area contributed by atoms with E-state index in [4.69, 9.17) is 12.2 Å². The van der Waals surface area contributed by atoms with Crippen molar-refractivity contribution in [2.45, 2.75) is 12.1 Å². The van der Waals surface area contributed by atoms with Crippen LogP contribution in [0.2, 0.25) is 0 Å². The lowest BCUT2D eigenvalue weighted by Gasteiger charge is -2.28. The molecule has 8 heteroatoms. The van der Waals surface area contributed by atoms with E-state index >= 15 is 0 Å². The highest BCUT2D eigenvalue weighted by molar-refractivity contribution is 9.10. The van der Waals surface area contributed by atoms with Crippen LogP contribution in [0.25, 0.3) is 5.69 Å². The van der Waals surface area contributed by atoms with Crippen LogP contribution in [-0.2, 0) is 4.79 Å². The minimum atomic E-state index is -0.238. The predicted molar refractivity (Wildman–Crippen MR) is 141 cm³/mol. The molecule has 1 fully saturated rings. The van der Waals surface area contributed by atoms with Gasteiger partial charge in [-0.3, -0.25) is 9.78 Å². The van der Waals surface area contributed by atoms with Gasteiger partial charge in [-0.05, 0) is 66.8 Å². The molecule has 0 bridgehead atoms. The maximum absolute atomic E-state index is 13.0. The summed E-state index contributed by atoms with van der Waals surface area (Å²) in [5.74, 6) is -0.136. The molecule has 0 spiro atoms. The largest absolute Gasteiger partial charge is 0.352 e. The number of nitrogens with zero attached hydrogens (tertiary/aromatic N) is 3. The Morgan fingerprint density at radius 3 is 2.62 bits per heavy atom. The number of amides is 1. The Morgan fingerprint density at radius 2 is 1.85 bits per heavy atom. The van der Waals surface area contributed by atoms with Crippen LogP contribution < -0.4 is 10.6 Å². The number of carbonyl (C=O) groups excluding carboxylic acids is 1. The molecule has 2 unspecified atom stereocenters. The molecule has 6 nitrogen and oxygen atoms in total. The topological polar surface area (TPSA) is 62.2 Å². The third kappa shape index (κ3) is 4.60. The van der Waals surface area contributed by atoms with Crippen molar-refractivity contribution in [1.82, 2.24) is 19.8 Å². The molecule has 5 rings (SSSR count). The standard InChI is InChI=1S/C26H22BrN5OS/c27-18-8-6-11-20(16-18)31-15-7-13-22(31)25-24(21-12-4-5-14-28-21)30-26(34)32(25)17-23(33)29-19-9-2-1-3-10-19/h1-16,24-25H,17H2,(H,29,33)(H,30,34). The zero-order valence-electron chi connectivity index (χ0n) is 18.1. The first-order chi connectivity index (χ1) is 16.6. The lowest BCUT2D eigenvalue weighted by atomic mass is 10.0. The molecular weight excluding hydrogens is 510 g/mol. The summed E-state index contributed by atoms with van der Waals surface area (Å²) in [7, 11) is 0. The van der Waals surface area contributed by atoms with Crippen LogP contribution in [0, 0.1) is 0 Å². The van der Waals surface area contributed by atoms with Crippen LogP contribution >= 0.6 is 28.1 Å². The van der Waals surface area contributed by atoms with E-state index in [0.29, 0.717) is 5.11 Å². The molecule has 2 aromatic carbocycles. The molecule has 0 radical (unpaired) electrons. The summed E-state index contributed by atoms with van der Waals surface area (Å²) >= 11 is 9.29. The molecule has 2 N–H and O–H groups in total. The number of anilines is 1. The summed E-state index contributed by atoms with van der Waals surface area (Å²) in [6.45, 7) is 0.110. The third-order valence-corrected chi connectivity index (χ3v) is 6.58. The number of thiocarbonyl (C=S) groups is 1. The first-order valence-corrected chi connectivity index (χ1v) is 12.1. The molecule has 1 amide bonds. The lowest BCUT2D eigenvalue weighted by Crippen LogP contribution is -2.37. The Labute approximate surface area is 211 Å². The molecule has 1 aliphatic rings. The van der Waals surface area contributed by atoms with Gasteiger partial charge < -0.3 is 20.1 Å². The molecule has 2 atom stereocenters. The van der Waals surface area contributed by atoms with Gasteiger partial charge in [0.05, 0.1) is 17.8 Å². The maximum Gasteiger partial charge on any atom is 0.244 e. The quantitative estimate of drug-likeness (QED) is 0.333. The molecule has 4 aromatic rings. The summed E-state index contributed by atoms with van der Waals surface area (Å²) in [5, 5.41) is 6.90. The van der Waals surface area contributed by atoms with E-state index in [2.05, 4.69) is 54.3 Å². The lowest BCUT2D eigenvalue weighted by molar-refractivity contribution is -0.116. The second-order valence-electron chi connectivity index (χ2n) is 7.95. The molecule has 0 saturated carbocycles. The predicted octanol–water partition coefficient (Wildman–Crippen LogP) is 5.25. The normalized spacial score (nSPS) is 17.4.